The second-order valence-corrected chi connectivity index (χ2v) is 5.84. The summed E-state index contributed by atoms with van der Waals surface area (Å²) in [5.74, 6) is 1.15. The van der Waals surface area contributed by atoms with Gasteiger partial charge >= 0.3 is 0 Å². The number of anilines is 1. The largest absolute Gasteiger partial charge is 0.369 e. The van der Waals surface area contributed by atoms with Crippen molar-refractivity contribution in [3.05, 3.63) is 52.2 Å². The molecule has 0 amide bonds. The Morgan fingerprint density at radius 2 is 2.15 bits per heavy atom. The molecular formula is C16H15N3S. The van der Waals surface area contributed by atoms with Gasteiger partial charge in [0.25, 0.3) is 0 Å². The van der Waals surface area contributed by atoms with E-state index < -0.39 is 0 Å². The van der Waals surface area contributed by atoms with Crippen LogP contribution in [0, 0.1) is 6.92 Å². The highest BCUT2D eigenvalue weighted by Gasteiger charge is 2.24. The van der Waals surface area contributed by atoms with Crippen LogP contribution in [0.5, 0.6) is 0 Å². The highest BCUT2D eigenvalue weighted by Crippen LogP contribution is 2.35. The molecule has 0 spiro atoms. The lowest BCUT2D eigenvalue weighted by Gasteiger charge is -2.08. The fourth-order valence-corrected chi connectivity index (χ4v) is 3.42. The van der Waals surface area contributed by atoms with E-state index in [0.29, 0.717) is 0 Å². The highest BCUT2D eigenvalue weighted by molar-refractivity contribution is 7.08. The van der Waals surface area contributed by atoms with Crippen LogP contribution in [0.1, 0.15) is 11.1 Å². The molecule has 100 valence electrons. The van der Waals surface area contributed by atoms with Crippen LogP contribution in [0.2, 0.25) is 0 Å². The van der Waals surface area contributed by atoms with E-state index in [4.69, 9.17) is 5.10 Å². The van der Waals surface area contributed by atoms with Crippen molar-refractivity contribution in [1.29, 1.82) is 0 Å². The van der Waals surface area contributed by atoms with Gasteiger partial charge in [-0.15, -0.1) is 0 Å². The smallest absolute Gasteiger partial charge is 0.133 e. The van der Waals surface area contributed by atoms with Crippen molar-refractivity contribution < 1.29 is 0 Å². The molecule has 0 unspecified atom stereocenters. The number of benzene rings is 1. The third-order valence-corrected chi connectivity index (χ3v) is 4.47. The molecule has 0 radical (unpaired) electrons. The normalized spacial score (nSPS) is 13.2. The minimum absolute atomic E-state index is 0.996. The zero-order valence-electron chi connectivity index (χ0n) is 11.3. The summed E-state index contributed by atoms with van der Waals surface area (Å²) in [6.45, 7) is 3.12. The molecule has 1 aromatic carbocycles. The van der Waals surface area contributed by atoms with Crippen molar-refractivity contribution in [3.63, 3.8) is 0 Å². The maximum Gasteiger partial charge on any atom is 0.133 e. The Hall–Kier alpha value is -2.07. The number of thiophene rings is 1. The summed E-state index contributed by atoms with van der Waals surface area (Å²) in [4.78, 5) is 0. The van der Waals surface area contributed by atoms with Crippen LogP contribution in [-0.2, 0) is 6.42 Å². The molecule has 0 saturated heterocycles. The number of aryl methyl sites for hydroxylation is 1. The molecule has 1 aliphatic heterocycles. The average Bonchev–Trinajstić information content (AvgIpc) is 3.16. The Balaban J connectivity index is 1.94. The van der Waals surface area contributed by atoms with E-state index in [9.17, 15) is 0 Å². The van der Waals surface area contributed by atoms with Gasteiger partial charge in [-0.05, 0) is 36.4 Å². The Morgan fingerprint density at radius 1 is 1.25 bits per heavy atom. The number of hydrogen-bond acceptors (Lipinski definition) is 3. The lowest BCUT2D eigenvalue weighted by molar-refractivity contribution is 0.875. The molecule has 2 aromatic heterocycles. The molecule has 20 heavy (non-hydrogen) atoms. The van der Waals surface area contributed by atoms with Gasteiger partial charge in [0, 0.05) is 23.1 Å². The van der Waals surface area contributed by atoms with E-state index in [1.807, 2.05) is 0 Å². The molecule has 0 bridgehead atoms. The Bertz CT molecular complexity index is 756. The molecule has 3 heterocycles. The van der Waals surface area contributed by atoms with Crippen LogP contribution in [0.15, 0.2) is 41.1 Å². The van der Waals surface area contributed by atoms with E-state index in [2.05, 4.69) is 58.0 Å². The number of para-hydroxylation sites is 1. The van der Waals surface area contributed by atoms with Gasteiger partial charge in [-0.2, -0.15) is 16.4 Å². The van der Waals surface area contributed by atoms with Crippen LogP contribution in [-0.4, -0.2) is 16.3 Å². The number of nitrogens with zero attached hydrogens (tertiary/aromatic N) is 2. The third-order valence-electron chi connectivity index (χ3n) is 3.79. The number of nitrogens with one attached hydrogen (secondary N) is 1. The first-order valence-electron chi connectivity index (χ1n) is 6.79. The first kappa shape index (κ1) is 11.7. The lowest BCUT2D eigenvalue weighted by atomic mass is 10.1. The SMILES string of the molecule is Cc1ccccc1-n1nc(-c2ccsc2)c2c1NCC2. The molecule has 0 saturated carbocycles. The van der Waals surface area contributed by atoms with Crippen molar-refractivity contribution in [3.8, 4) is 16.9 Å². The zero-order chi connectivity index (χ0) is 13.5. The summed E-state index contributed by atoms with van der Waals surface area (Å²) in [6.07, 6.45) is 1.05. The third kappa shape index (κ3) is 1.68. The van der Waals surface area contributed by atoms with Crippen LogP contribution in [0.4, 0.5) is 5.82 Å². The summed E-state index contributed by atoms with van der Waals surface area (Å²) >= 11 is 1.72. The van der Waals surface area contributed by atoms with Crippen LogP contribution in [0.3, 0.4) is 0 Å². The zero-order valence-corrected chi connectivity index (χ0v) is 12.1. The number of fused-ring (bicyclic) bond motifs is 1. The minimum Gasteiger partial charge on any atom is -0.369 e. The number of aromatic nitrogens is 2. The monoisotopic (exact) mass is 281 g/mol. The molecule has 4 rings (SSSR count). The fraction of sp³-hybridized carbons (Fsp3) is 0.188. The summed E-state index contributed by atoms with van der Waals surface area (Å²) in [7, 11) is 0. The fourth-order valence-electron chi connectivity index (χ4n) is 2.78. The summed E-state index contributed by atoms with van der Waals surface area (Å²) in [6, 6.07) is 10.5. The van der Waals surface area contributed by atoms with Crippen molar-refractivity contribution in [2.45, 2.75) is 13.3 Å². The van der Waals surface area contributed by atoms with E-state index in [1.165, 1.54) is 16.7 Å². The quantitative estimate of drug-likeness (QED) is 0.772. The van der Waals surface area contributed by atoms with Crippen molar-refractivity contribution in [2.24, 2.45) is 0 Å². The summed E-state index contributed by atoms with van der Waals surface area (Å²) in [5, 5.41) is 12.6. The molecule has 3 nitrogen and oxygen atoms in total. The van der Waals surface area contributed by atoms with Gasteiger partial charge in [-0.25, -0.2) is 4.68 Å². The predicted molar refractivity (Wildman–Crippen MR) is 83.8 cm³/mol. The molecule has 0 fully saturated rings. The van der Waals surface area contributed by atoms with Crippen LogP contribution < -0.4 is 5.32 Å². The van der Waals surface area contributed by atoms with Crippen molar-refractivity contribution in [1.82, 2.24) is 9.78 Å². The van der Waals surface area contributed by atoms with Gasteiger partial charge in [0.05, 0.1) is 11.4 Å². The second kappa shape index (κ2) is 4.49. The maximum atomic E-state index is 4.87. The highest BCUT2D eigenvalue weighted by atomic mass is 32.1. The van der Waals surface area contributed by atoms with Gasteiger partial charge in [-0.1, -0.05) is 18.2 Å². The molecule has 3 aromatic rings. The van der Waals surface area contributed by atoms with Gasteiger partial charge < -0.3 is 5.32 Å². The topological polar surface area (TPSA) is 29.9 Å². The van der Waals surface area contributed by atoms with Crippen LogP contribution in [0.25, 0.3) is 16.9 Å². The number of rotatable bonds is 2. The van der Waals surface area contributed by atoms with E-state index in [-0.39, 0.29) is 0 Å². The Kier molecular flexibility index (Phi) is 2.63. The first-order chi connectivity index (χ1) is 9.84. The standard InChI is InChI=1S/C16H15N3S/c1-11-4-2-3-5-14(11)19-16-13(6-8-17-16)15(18-19)12-7-9-20-10-12/h2-5,7,9-10,17H,6,8H2,1H3. The predicted octanol–water partition coefficient (Wildman–Crippen LogP) is 3.88. The van der Waals surface area contributed by atoms with Gasteiger partial charge in [0.2, 0.25) is 0 Å². The Morgan fingerprint density at radius 3 is 2.95 bits per heavy atom. The first-order valence-corrected chi connectivity index (χ1v) is 7.73. The van der Waals surface area contributed by atoms with E-state index in [0.717, 1.165) is 30.2 Å². The molecule has 4 heteroatoms. The Labute approximate surface area is 121 Å². The minimum atomic E-state index is 0.996. The van der Waals surface area contributed by atoms with Gasteiger partial charge in [-0.3, -0.25) is 0 Å². The van der Waals surface area contributed by atoms with Crippen molar-refractivity contribution in [2.75, 3.05) is 11.9 Å². The maximum absolute atomic E-state index is 4.87. The van der Waals surface area contributed by atoms with Gasteiger partial charge in [0.15, 0.2) is 0 Å². The summed E-state index contributed by atoms with van der Waals surface area (Å²) in [5.41, 5.74) is 6.08. The van der Waals surface area contributed by atoms with E-state index in [1.54, 1.807) is 11.3 Å². The van der Waals surface area contributed by atoms with E-state index >= 15 is 0 Å². The molecule has 1 N–H and O–H groups in total. The average molecular weight is 281 g/mol. The molecule has 0 aliphatic carbocycles. The number of hydrogen-bond donors (Lipinski definition) is 1. The van der Waals surface area contributed by atoms with Crippen LogP contribution >= 0.6 is 11.3 Å². The molecule has 0 atom stereocenters. The molecular weight excluding hydrogens is 266 g/mol. The lowest BCUT2D eigenvalue weighted by Crippen LogP contribution is -2.05. The van der Waals surface area contributed by atoms with Crippen molar-refractivity contribution >= 4 is 17.2 Å². The second-order valence-electron chi connectivity index (χ2n) is 5.06. The summed E-state index contributed by atoms with van der Waals surface area (Å²) < 4.78 is 2.06. The molecule has 1 aliphatic rings. The van der Waals surface area contributed by atoms with Gasteiger partial charge in [0.1, 0.15) is 5.82 Å².